The standard InChI is InChI=1S/C27H24BrClN4O4S/c1-16(19-5-4-6-22(25(19)29)36-10-9-28)37-23-12-24(38-26(23)27(34)35-3)33-15-30-20-11-17(7-8-21(20)33)18-13-31-32(2)14-18/h4-8,11-16H,9-10H2,1-3H3/t16-/m1/s1. The minimum Gasteiger partial charge on any atom is -0.491 e. The van der Waals surface area contributed by atoms with Gasteiger partial charge in [-0.15, -0.1) is 11.3 Å². The van der Waals surface area contributed by atoms with Crippen LogP contribution in [0.5, 0.6) is 11.5 Å². The first-order valence-corrected chi connectivity index (χ1v) is 14.0. The molecule has 38 heavy (non-hydrogen) atoms. The zero-order valence-electron chi connectivity index (χ0n) is 20.9. The zero-order valence-corrected chi connectivity index (χ0v) is 24.0. The number of nitrogens with zero attached hydrogens (tertiary/aromatic N) is 4. The van der Waals surface area contributed by atoms with E-state index in [-0.39, 0.29) is 0 Å². The lowest BCUT2D eigenvalue weighted by molar-refractivity contribution is 0.0600. The number of aromatic nitrogens is 4. The number of carbonyl (C=O) groups excluding carboxylic acids is 1. The second kappa shape index (κ2) is 11.2. The lowest BCUT2D eigenvalue weighted by atomic mass is 10.1. The maximum absolute atomic E-state index is 12.7. The monoisotopic (exact) mass is 614 g/mol. The number of benzene rings is 2. The van der Waals surface area contributed by atoms with Gasteiger partial charge in [0.05, 0.1) is 36.0 Å². The third kappa shape index (κ3) is 5.16. The molecule has 0 aliphatic heterocycles. The van der Waals surface area contributed by atoms with E-state index >= 15 is 0 Å². The van der Waals surface area contributed by atoms with Gasteiger partial charge >= 0.3 is 5.97 Å². The van der Waals surface area contributed by atoms with Gasteiger partial charge in [-0.3, -0.25) is 9.25 Å². The van der Waals surface area contributed by atoms with Crippen LogP contribution in [0.2, 0.25) is 5.02 Å². The number of imidazole rings is 1. The Labute approximate surface area is 236 Å². The summed E-state index contributed by atoms with van der Waals surface area (Å²) >= 11 is 11.2. The number of rotatable bonds is 9. The first-order chi connectivity index (χ1) is 18.4. The molecule has 0 bridgehead atoms. The van der Waals surface area contributed by atoms with Crippen molar-refractivity contribution in [1.82, 2.24) is 19.3 Å². The molecule has 0 radical (unpaired) electrons. The topological polar surface area (TPSA) is 80.4 Å². The smallest absolute Gasteiger partial charge is 0.351 e. The normalized spacial score (nSPS) is 12.0. The summed E-state index contributed by atoms with van der Waals surface area (Å²) in [6.45, 7) is 2.36. The average molecular weight is 616 g/mol. The molecule has 8 nitrogen and oxygen atoms in total. The molecule has 3 heterocycles. The van der Waals surface area contributed by atoms with Gasteiger partial charge in [-0.25, -0.2) is 9.78 Å². The number of halogens is 2. The van der Waals surface area contributed by atoms with E-state index in [1.807, 2.05) is 73.4 Å². The first kappa shape index (κ1) is 26.3. The van der Waals surface area contributed by atoms with Gasteiger partial charge in [0, 0.05) is 35.8 Å². The van der Waals surface area contributed by atoms with Crippen LogP contribution in [0.3, 0.4) is 0 Å². The molecule has 1 atom stereocenters. The molecule has 0 spiro atoms. The van der Waals surface area contributed by atoms with E-state index in [2.05, 4.69) is 26.0 Å². The minimum atomic E-state index is -0.479. The highest BCUT2D eigenvalue weighted by atomic mass is 79.9. The van der Waals surface area contributed by atoms with Crippen molar-refractivity contribution in [2.24, 2.45) is 7.05 Å². The van der Waals surface area contributed by atoms with Gasteiger partial charge in [-0.1, -0.05) is 45.7 Å². The Hall–Kier alpha value is -3.34. The number of hydrogen-bond acceptors (Lipinski definition) is 7. The summed E-state index contributed by atoms with van der Waals surface area (Å²) in [6.07, 6.45) is 5.06. The molecule has 0 saturated heterocycles. The quantitative estimate of drug-likeness (QED) is 0.133. The van der Waals surface area contributed by atoms with E-state index in [4.69, 9.17) is 25.8 Å². The number of methoxy groups -OCH3 is 1. The van der Waals surface area contributed by atoms with Crippen molar-refractivity contribution >= 4 is 55.9 Å². The Balaban J connectivity index is 1.48. The van der Waals surface area contributed by atoms with Gasteiger partial charge in [0.2, 0.25) is 0 Å². The lowest BCUT2D eigenvalue weighted by Gasteiger charge is -2.18. The van der Waals surface area contributed by atoms with E-state index in [9.17, 15) is 4.79 Å². The van der Waals surface area contributed by atoms with Gasteiger partial charge in [0.15, 0.2) is 4.88 Å². The number of aryl methyl sites for hydroxylation is 1. The number of fused-ring (bicyclic) bond motifs is 1. The highest BCUT2D eigenvalue weighted by molar-refractivity contribution is 9.09. The molecule has 0 saturated carbocycles. The number of hydrogen-bond donors (Lipinski definition) is 0. The molecular weight excluding hydrogens is 592 g/mol. The number of ether oxygens (including phenoxy) is 3. The van der Waals surface area contributed by atoms with E-state index < -0.39 is 12.1 Å². The van der Waals surface area contributed by atoms with Crippen molar-refractivity contribution in [2.45, 2.75) is 13.0 Å². The van der Waals surface area contributed by atoms with Crippen LogP contribution in [0.4, 0.5) is 0 Å². The van der Waals surface area contributed by atoms with Crippen molar-refractivity contribution in [3.8, 4) is 27.6 Å². The first-order valence-electron chi connectivity index (χ1n) is 11.7. The Morgan fingerprint density at radius 2 is 2.03 bits per heavy atom. The highest BCUT2D eigenvalue weighted by Gasteiger charge is 2.24. The van der Waals surface area contributed by atoms with Gasteiger partial charge < -0.3 is 14.2 Å². The van der Waals surface area contributed by atoms with Crippen LogP contribution < -0.4 is 9.47 Å². The maximum atomic E-state index is 12.7. The van der Waals surface area contributed by atoms with Crippen LogP contribution in [0.1, 0.15) is 28.3 Å². The fourth-order valence-electron chi connectivity index (χ4n) is 4.10. The lowest BCUT2D eigenvalue weighted by Crippen LogP contribution is -2.08. The molecule has 0 aliphatic carbocycles. The maximum Gasteiger partial charge on any atom is 0.351 e. The molecule has 5 rings (SSSR count). The molecule has 0 unspecified atom stereocenters. The molecule has 0 amide bonds. The molecule has 0 N–H and O–H groups in total. The van der Waals surface area contributed by atoms with Crippen molar-refractivity contribution in [3.63, 3.8) is 0 Å². The highest BCUT2D eigenvalue weighted by Crippen LogP contribution is 2.39. The molecular formula is C27H24BrClN4O4S. The van der Waals surface area contributed by atoms with Gasteiger partial charge in [-0.05, 0) is 30.7 Å². The van der Waals surface area contributed by atoms with Crippen LogP contribution in [0.15, 0.2) is 61.2 Å². The summed E-state index contributed by atoms with van der Waals surface area (Å²) in [4.78, 5) is 17.6. The molecule has 3 aromatic heterocycles. The molecule has 196 valence electrons. The summed E-state index contributed by atoms with van der Waals surface area (Å²) in [7, 11) is 3.24. The SMILES string of the molecule is COC(=O)c1sc(-n2cnc3cc(-c4cnn(C)c4)ccc32)cc1O[C@H](C)c1cccc(OCCBr)c1Cl. The Kier molecular flexibility index (Phi) is 7.73. The number of alkyl halides is 1. The van der Waals surface area contributed by atoms with Crippen LogP contribution in [-0.4, -0.2) is 44.3 Å². The molecule has 5 aromatic rings. The van der Waals surface area contributed by atoms with E-state index in [1.165, 1.54) is 18.4 Å². The largest absolute Gasteiger partial charge is 0.491 e. The number of esters is 1. The molecule has 0 fully saturated rings. The third-order valence-corrected chi connectivity index (χ3v) is 7.77. The van der Waals surface area contributed by atoms with Gasteiger partial charge in [0.25, 0.3) is 0 Å². The summed E-state index contributed by atoms with van der Waals surface area (Å²) in [6, 6.07) is 13.4. The van der Waals surface area contributed by atoms with Crippen molar-refractivity contribution in [1.29, 1.82) is 0 Å². The molecule has 11 heteroatoms. The molecule has 2 aromatic carbocycles. The van der Waals surface area contributed by atoms with E-state index in [0.717, 1.165) is 32.7 Å². The predicted octanol–water partition coefficient (Wildman–Crippen LogP) is 6.84. The fourth-order valence-corrected chi connectivity index (χ4v) is 5.59. The van der Waals surface area contributed by atoms with Crippen LogP contribution in [0, 0.1) is 0 Å². The summed E-state index contributed by atoms with van der Waals surface area (Å²) in [5, 5.41) is 6.18. The number of thiophene rings is 1. The average Bonchev–Trinajstić information content (AvgIpc) is 3.65. The fraction of sp³-hybridized carbons (Fsp3) is 0.222. The van der Waals surface area contributed by atoms with Crippen molar-refractivity contribution < 1.29 is 19.0 Å². The van der Waals surface area contributed by atoms with E-state index in [0.29, 0.717) is 33.3 Å². The Morgan fingerprint density at radius 1 is 1.18 bits per heavy atom. The van der Waals surface area contributed by atoms with E-state index in [1.54, 1.807) is 11.0 Å². The van der Waals surface area contributed by atoms with Crippen LogP contribution in [0.25, 0.3) is 27.2 Å². The molecule has 0 aliphatic rings. The van der Waals surface area contributed by atoms with Crippen LogP contribution >= 0.6 is 38.9 Å². The minimum absolute atomic E-state index is 0.353. The number of carbonyl (C=O) groups is 1. The van der Waals surface area contributed by atoms with Gasteiger partial charge in [-0.2, -0.15) is 5.10 Å². The zero-order chi connectivity index (χ0) is 26.8. The summed E-state index contributed by atoms with van der Waals surface area (Å²) < 4.78 is 20.7. The van der Waals surface area contributed by atoms with Crippen molar-refractivity contribution in [2.75, 3.05) is 19.0 Å². The van der Waals surface area contributed by atoms with Gasteiger partial charge in [0.1, 0.15) is 28.9 Å². The van der Waals surface area contributed by atoms with Crippen molar-refractivity contribution in [3.05, 3.63) is 76.6 Å². The second-order valence-corrected chi connectivity index (χ2v) is 10.6. The van der Waals surface area contributed by atoms with Crippen LogP contribution in [-0.2, 0) is 11.8 Å². The summed E-state index contributed by atoms with van der Waals surface area (Å²) in [5.74, 6) is 0.502. The summed E-state index contributed by atoms with van der Waals surface area (Å²) in [5.41, 5.74) is 4.50. The predicted molar refractivity (Wildman–Crippen MR) is 152 cm³/mol. The second-order valence-electron chi connectivity index (χ2n) is 8.45. The Bertz CT molecular complexity index is 1610. The third-order valence-electron chi connectivity index (χ3n) is 5.95. The Morgan fingerprint density at radius 3 is 2.76 bits per heavy atom.